The second-order valence-corrected chi connectivity index (χ2v) is 5.55. The zero-order valence-corrected chi connectivity index (χ0v) is 11.3. The summed E-state index contributed by atoms with van der Waals surface area (Å²) < 4.78 is 0. The van der Waals surface area contributed by atoms with E-state index >= 15 is 0 Å². The van der Waals surface area contributed by atoms with E-state index in [0.717, 1.165) is 0 Å². The largest absolute Gasteiger partial charge is 0.276 e. The van der Waals surface area contributed by atoms with E-state index in [1.54, 1.807) is 0 Å². The minimum absolute atomic E-state index is 0.105. The van der Waals surface area contributed by atoms with Gasteiger partial charge in [-0.1, -0.05) is 60.7 Å². The Morgan fingerprint density at radius 2 is 1.26 bits per heavy atom. The maximum Gasteiger partial charge on any atom is 0.162 e. The lowest BCUT2D eigenvalue weighted by atomic mass is 9.91. The molecule has 0 bridgehead atoms. The van der Waals surface area contributed by atoms with Crippen LogP contribution in [-0.4, -0.2) is 11.8 Å². The van der Waals surface area contributed by atoms with Crippen LogP contribution in [0.1, 0.15) is 25.0 Å². The van der Waals surface area contributed by atoms with Gasteiger partial charge >= 0.3 is 0 Å². The standard InChI is InChI=1S/C17H18N2/c1-16(2)13-18-17(19-16,14-9-5-3-6-10-14)15-11-7-4-8-12-15/h3-13,19H,1-2H3. The second kappa shape index (κ2) is 4.32. The summed E-state index contributed by atoms with van der Waals surface area (Å²) in [5.74, 6) is 0. The predicted octanol–water partition coefficient (Wildman–Crippen LogP) is 3.34. The molecule has 0 aromatic heterocycles. The average Bonchev–Trinajstić information content (AvgIpc) is 2.78. The van der Waals surface area contributed by atoms with E-state index in [0.29, 0.717) is 0 Å². The van der Waals surface area contributed by atoms with E-state index in [1.807, 2.05) is 18.3 Å². The number of benzene rings is 2. The van der Waals surface area contributed by atoms with Gasteiger partial charge in [0, 0.05) is 6.21 Å². The highest BCUT2D eigenvalue weighted by Gasteiger charge is 2.42. The zero-order chi connectivity index (χ0) is 13.3. The van der Waals surface area contributed by atoms with Crippen LogP contribution in [0.2, 0.25) is 0 Å². The van der Waals surface area contributed by atoms with Crippen molar-refractivity contribution in [2.45, 2.75) is 25.0 Å². The molecule has 1 N–H and O–H groups in total. The highest BCUT2D eigenvalue weighted by Crippen LogP contribution is 2.36. The summed E-state index contributed by atoms with van der Waals surface area (Å²) in [6, 6.07) is 20.8. The van der Waals surface area contributed by atoms with Crippen molar-refractivity contribution in [3.8, 4) is 0 Å². The Morgan fingerprint density at radius 1 is 0.789 bits per heavy atom. The van der Waals surface area contributed by atoms with Gasteiger partial charge in [-0.3, -0.25) is 10.3 Å². The van der Waals surface area contributed by atoms with Crippen LogP contribution in [-0.2, 0) is 5.66 Å². The van der Waals surface area contributed by atoms with Gasteiger partial charge in [0.25, 0.3) is 0 Å². The fraction of sp³-hybridized carbons (Fsp3) is 0.235. The van der Waals surface area contributed by atoms with E-state index in [1.165, 1.54) is 11.1 Å². The molecule has 96 valence electrons. The smallest absolute Gasteiger partial charge is 0.162 e. The van der Waals surface area contributed by atoms with E-state index in [9.17, 15) is 0 Å². The fourth-order valence-corrected chi connectivity index (χ4v) is 2.61. The molecule has 2 aromatic rings. The van der Waals surface area contributed by atoms with Crippen LogP contribution >= 0.6 is 0 Å². The summed E-state index contributed by atoms with van der Waals surface area (Å²) >= 11 is 0. The third-order valence-electron chi connectivity index (χ3n) is 3.47. The maximum atomic E-state index is 4.82. The van der Waals surface area contributed by atoms with Gasteiger partial charge in [0.2, 0.25) is 0 Å². The fourth-order valence-electron chi connectivity index (χ4n) is 2.61. The first-order valence-corrected chi connectivity index (χ1v) is 6.59. The number of nitrogens with zero attached hydrogens (tertiary/aromatic N) is 1. The summed E-state index contributed by atoms with van der Waals surface area (Å²) in [6.07, 6.45) is 2.01. The molecular weight excluding hydrogens is 232 g/mol. The van der Waals surface area contributed by atoms with Crippen molar-refractivity contribution in [1.29, 1.82) is 0 Å². The summed E-state index contributed by atoms with van der Waals surface area (Å²) in [5, 5.41) is 3.65. The normalized spacial score (nSPS) is 19.5. The monoisotopic (exact) mass is 250 g/mol. The lowest BCUT2D eigenvalue weighted by Crippen LogP contribution is -2.48. The first kappa shape index (κ1) is 12.1. The van der Waals surface area contributed by atoms with Crippen molar-refractivity contribution >= 4 is 6.21 Å². The Balaban J connectivity index is 2.16. The van der Waals surface area contributed by atoms with Gasteiger partial charge in [-0.25, -0.2) is 0 Å². The highest BCUT2D eigenvalue weighted by atomic mass is 15.2. The third-order valence-corrected chi connectivity index (χ3v) is 3.47. The molecule has 0 amide bonds. The summed E-state index contributed by atoms with van der Waals surface area (Å²) in [7, 11) is 0. The number of hydrogen-bond donors (Lipinski definition) is 1. The summed E-state index contributed by atoms with van der Waals surface area (Å²) in [5.41, 5.74) is 1.77. The lowest BCUT2D eigenvalue weighted by Gasteiger charge is -2.32. The number of aliphatic imine (C=N–C) groups is 1. The van der Waals surface area contributed by atoms with Crippen molar-refractivity contribution in [3.05, 3.63) is 71.8 Å². The predicted molar refractivity (Wildman–Crippen MR) is 79.4 cm³/mol. The van der Waals surface area contributed by atoms with Crippen molar-refractivity contribution in [2.24, 2.45) is 4.99 Å². The first-order chi connectivity index (χ1) is 9.12. The van der Waals surface area contributed by atoms with Gasteiger partial charge in [0.15, 0.2) is 5.66 Å². The number of nitrogens with one attached hydrogen (secondary N) is 1. The third kappa shape index (κ3) is 2.08. The number of rotatable bonds is 2. The Hall–Kier alpha value is -1.93. The van der Waals surface area contributed by atoms with E-state index < -0.39 is 5.66 Å². The molecule has 0 spiro atoms. The topological polar surface area (TPSA) is 24.4 Å². The maximum absolute atomic E-state index is 4.82. The molecule has 0 atom stereocenters. The Morgan fingerprint density at radius 3 is 1.63 bits per heavy atom. The minimum atomic E-state index is -0.466. The van der Waals surface area contributed by atoms with Crippen LogP contribution < -0.4 is 5.32 Å². The first-order valence-electron chi connectivity index (χ1n) is 6.59. The molecule has 0 radical (unpaired) electrons. The highest BCUT2D eigenvalue weighted by molar-refractivity contribution is 5.74. The second-order valence-electron chi connectivity index (χ2n) is 5.55. The Bertz CT molecular complexity index is 546. The molecule has 0 saturated heterocycles. The van der Waals surface area contributed by atoms with E-state index in [4.69, 9.17) is 4.99 Å². The molecule has 0 aliphatic carbocycles. The molecule has 1 heterocycles. The van der Waals surface area contributed by atoms with Gasteiger partial charge in [0.1, 0.15) is 0 Å². The van der Waals surface area contributed by atoms with Crippen LogP contribution in [0, 0.1) is 0 Å². The van der Waals surface area contributed by atoms with Gasteiger partial charge in [0.05, 0.1) is 5.54 Å². The average molecular weight is 250 g/mol. The lowest BCUT2D eigenvalue weighted by molar-refractivity contribution is 0.380. The molecule has 19 heavy (non-hydrogen) atoms. The van der Waals surface area contributed by atoms with E-state index in [-0.39, 0.29) is 5.54 Å². The van der Waals surface area contributed by atoms with E-state index in [2.05, 4.69) is 67.7 Å². The SMILES string of the molecule is CC1(C)C=NC(c2ccccc2)(c2ccccc2)N1. The molecule has 0 fully saturated rings. The van der Waals surface area contributed by atoms with Gasteiger partial charge < -0.3 is 0 Å². The molecule has 2 aromatic carbocycles. The zero-order valence-electron chi connectivity index (χ0n) is 11.3. The molecule has 3 rings (SSSR count). The van der Waals surface area contributed by atoms with Crippen LogP contribution in [0.15, 0.2) is 65.7 Å². The molecular formula is C17H18N2. The van der Waals surface area contributed by atoms with Crippen LogP contribution in [0.3, 0.4) is 0 Å². The van der Waals surface area contributed by atoms with Gasteiger partial charge in [-0.15, -0.1) is 0 Å². The Labute approximate surface area is 114 Å². The van der Waals surface area contributed by atoms with Crippen molar-refractivity contribution < 1.29 is 0 Å². The molecule has 1 aliphatic rings. The molecule has 2 nitrogen and oxygen atoms in total. The molecule has 0 unspecified atom stereocenters. The minimum Gasteiger partial charge on any atom is -0.276 e. The van der Waals surface area contributed by atoms with Crippen LogP contribution in [0.4, 0.5) is 0 Å². The molecule has 0 saturated carbocycles. The van der Waals surface area contributed by atoms with Crippen molar-refractivity contribution in [2.75, 3.05) is 0 Å². The van der Waals surface area contributed by atoms with Crippen molar-refractivity contribution in [1.82, 2.24) is 5.32 Å². The van der Waals surface area contributed by atoms with Crippen molar-refractivity contribution in [3.63, 3.8) is 0 Å². The van der Waals surface area contributed by atoms with Crippen LogP contribution in [0.5, 0.6) is 0 Å². The molecule has 2 heteroatoms. The van der Waals surface area contributed by atoms with Crippen LogP contribution in [0.25, 0.3) is 0 Å². The molecule has 1 aliphatic heterocycles. The summed E-state index contributed by atoms with van der Waals surface area (Å²) in [6.45, 7) is 4.29. The quantitative estimate of drug-likeness (QED) is 0.868. The van der Waals surface area contributed by atoms with Gasteiger partial charge in [-0.2, -0.15) is 0 Å². The van der Waals surface area contributed by atoms with Gasteiger partial charge in [-0.05, 0) is 25.0 Å². The number of hydrogen-bond acceptors (Lipinski definition) is 2. The summed E-state index contributed by atoms with van der Waals surface area (Å²) in [4.78, 5) is 4.82. The Kier molecular flexibility index (Phi) is 2.76.